The van der Waals surface area contributed by atoms with Gasteiger partial charge in [0.25, 0.3) is 5.91 Å². The highest BCUT2D eigenvalue weighted by Gasteiger charge is 2.24. The maximum absolute atomic E-state index is 12.9. The van der Waals surface area contributed by atoms with Gasteiger partial charge >= 0.3 is 6.01 Å². The van der Waals surface area contributed by atoms with Crippen LogP contribution in [0.1, 0.15) is 47.1 Å². The van der Waals surface area contributed by atoms with Gasteiger partial charge in [-0.05, 0) is 49.1 Å². The molecule has 0 aliphatic carbocycles. The van der Waals surface area contributed by atoms with E-state index in [0.29, 0.717) is 29.6 Å². The van der Waals surface area contributed by atoms with Gasteiger partial charge in [0.05, 0.1) is 7.11 Å². The lowest BCUT2D eigenvalue weighted by Gasteiger charge is -2.24. The van der Waals surface area contributed by atoms with Gasteiger partial charge in [0.15, 0.2) is 0 Å². The van der Waals surface area contributed by atoms with Crippen molar-refractivity contribution >= 4 is 11.9 Å². The van der Waals surface area contributed by atoms with Crippen LogP contribution in [0.5, 0.6) is 5.75 Å². The van der Waals surface area contributed by atoms with E-state index in [1.807, 2.05) is 30.3 Å². The van der Waals surface area contributed by atoms with Crippen LogP contribution in [0.2, 0.25) is 0 Å². The van der Waals surface area contributed by atoms with Crippen molar-refractivity contribution in [1.29, 1.82) is 0 Å². The minimum atomic E-state index is -0.423. The molecule has 2 heterocycles. The van der Waals surface area contributed by atoms with Crippen LogP contribution in [-0.2, 0) is 6.42 Å². The van der Waals surface area contributed by atoms with E-state index in [1.165, 1.54) is 6.42 Å². The molecule has 0 unspecified atom stereocenters. The average Bonchev–Trinajstić information content (AvgIpc) is 3.30. The number of methoxy groups -OCH3 is 1. The number of piperidine rings is 1. The molecule has 0 radical (unpaired) electrons. The fourth-order valence-electron chi connectivity index (χ4n) is 3.61. The van der Waals surface area contributed by atoms with Crippen LogP contribution in [0.3, 0.4) is 0 Å². The lowest BCUT2D eigenvalue weighted by molar-refractivity contribution is 0.0930. The lowest BCUT2D eigenvalue weighted by Crippen LogP contribution is -2.30. The maximum Gasteiger partial charge on any atom is 0.318 e. The van der Waals surface area contributed by atoms with E-state index in [1.54, 1.807) is 31.4 Å². The molecule has 0 saturated carbocycles. The Morgan fingerprint density at radius 3 is 2.50 bits per heavy atom. The van der Waals surface area contributed by atoms with Crippen molar-refractivity contribution in [3.8, 4) is 5.75 Å². The molecule has 7 heteroatoms. The SMILES string of the molecule is COc1ccc(C(=O)N[C@H](Cc2ccccc2)c2nnc(N3CCCCC3)o2)cc1. The van der Waals surface area contributed by atoms with Gasteiger partial charge in [-0.3, -0.25) is 4.79 Å². The number of rotatable bonds is 7. The summed E-state index contributed by atoms with van der Waals surface area (Å²) >= 11 is 0. The zero-order chi connectivity index (χ0) is 20.8. The molecule has 1 aliphatic rings. The van der Waals surface area contributed by atoms with Gasteiger partial charge in [-0.25, -0.2) is 0 Å². The van der Waals surface area contributed by atoms with Crippen LogP contribution in [0.4, 0.5) is 6.01 Å². The number of nitrogens with zero attached hydrogens (tertiary/aromatic N) is 3. The Hall–Kier alpha value is -3.35. The van der Waals surface area contributed by atoms with Crippen LogP contribution in [0.25, 0.3) is 0 Å². The molecular formula is C23H26N4O3. The Morgan fingerprint density at radius 2 is 1.80 bits per heavy atom. The van der Waals surface area contributed by atoms with Gasteiger partial charge in [0, 0.05) is 25.1 Å². The first-order chi connectivity index (χ1) is 14.7. The average molecular weight is 406 g/mol. The van der Waals surface area contributed by atoms with Gasteiger partial charge in [-0.2, -0.15) is 0 Å². The van der Waals surface area contributed by atoms with E-state index < -0.39 is 6.04 Å². The Labute approximate surface area is 176 Å². The van der Waals surface area contributed by atoms with E-state index in [-0.39, 0.29) is 5.91 Å². The molecule has 4 rings (SSSR count). The molecule has 156 valence electrons. The second kappa shape index (κ2) is 9.43. The fraction of sp³-hybridized carbons (Fsp3) is 0.348. The topological polar surface area (TPSA) is 80.5 Å². The largest absolute Gasteiger partial charge is 0.497 e. The third-order valence-corrected chi connectivity index (χ3v) is 5.29. The summed E-state index contributed by atoms with van der Waals surface area (Å²) in [5.74, 6) is 0.924. The number of hydrogen-bond donors (Lipinski definition) is 1. The molecule has 30 heavy (non-hydrogen) atoms. The number of aromatic nitrogens is 2. The Balaban J connectivity index is 1.54. The first kappa shape index (κ1) is 19.9. The van der Waals surface area contributed by atoms with Crippen LogP contribution >= 0.6 is 0 Å². The molecule has 3 aromatic rings. The van der Waals surface area contributed by atoms with Crippen molar-refractivity contribution in [1.82, 2.24) is 15.5 Å². The smallest absolute Gasteiger partial charge is 0.318 e. The second-order valence-corrected chi connectivity index (χ2v) is 7.41. The van der Waals surface area contributed by atoms with Gasteiger partial charge in [0.1, 0.15) is 11.8 Å². The minimum absolute atomic E-state index is 0.198. The summed E-state index contributed by atoms with van der Waals surface area (Å²) < 4.78 is 11.2. The van der Waals surface area contributed by atoms with Crippen LogP contribution in [0, 0.1) is 0 Å². The van der Waals surface area contributed by atoms with Crippen LogP contribution < -0.4 is 15.0 Å². The standard InChI is InChI=1S/C23H26N4O3/c1-29-19-12-10-18(11-13-19)21(28)24-20(16-17-8-4-2-5-9-17)22-25-26-23(30-22)27-14-6-3-7-15-27/h2,4-5,8-13,20H,3,6-7,14-16H2,1H3,(H,24,28)/t20-/m1/s1. The van der Waals surface area contributed by atoms with Crippen LogP contribution in [-0.4, -0.2) is 36.3 Å². The van der Waals surface area contributed by atoms with Gasteiger partial charge in [0.2, 0.25) is 5.89 Å². The molecule has 1 fully saturated rings. The second-order valence-electron chi connectivity index (χ2n) is 7.41. The number of anilines is 1. The monoisotopic (exact) mass is 406 g/mol. The third kappa shape index (κ3) is 4.79. The molecule has 1 amide bonds. The molecule has 7 nitrogen and oxygen atoms in total. The Kier molecular flexibility index (Phi) is 6.27. The maximum atomic E-state index is 12.9. The zero-order valence-corrected chi connectivity index (χ0v) is 17.1. The summed E-state index contributed by atoms with van der Waals surface area (Å²) in [6.45, 7) is 1.84. The van der Waals surface area contributed by atoms with E-state index in [9.17, 15) is 4.79 Å². The third-order valence-electron chi connectivity index (χ3n) is 5.29. The molecule has 1 aromatic heterocycles. The first-order valence-corrected chi connectivity index (χ1v) is 10.3. The Bertz CT molecular complexity index is 950. The van der Waals surface area contributed by atoms with Crippen molar-refractivity contribution in [2.45, 2.75) is 31.7 Å². The predicted octanol–water partition coefficient (Wildman–Crippen LogP) is 3.78. The lowest BCUT2D eigenvalue weighted by atomic mass is 10.1. The zero-order valence-electron chi connectivity index (χ0n) is 17.1. The number of carbonyl (C=O) groups excluding carboxylic acids is 1. The van der Waals surface area contributed by atoms with Gasteiger partial charge < -0.3 is 19.4 Å². The van der Waals surface area contributed by atoms with Gasteiger partial charge in [-0.15, -0.1) is 5.10 Å². The first-order valence-electron chi connectivity index (χ1n) is 10.3. The fourth-order valence-corrected chi connectivity index (χ4v) is 3.61. The van der Waals surface area contributed by atoms with Crippen molar-refractivity contribution in [3.05, 3.63) is 71.6 Å². The highest BCUT2D eigenvalue weighted by Crippen LogP contribution is 2.24. The highest BCUT2D eigenvalue weighted by atomic mass is 16.5. The predicted molar refractivity (Wildman–Crippen MR) is 114 cm³/mol. The van der Waals surface area contributed by atoms with E-state index >= 15 is 0 Å². The molecule has 0 bridgehead atoms. The van der Waals surface area contributed by atoms with Crippen molar-refractivity contribution < 1.29 is 13.9 Å². The number of carbonyl (C=O) groups is 1. The van der Waals surface area contributed by atoms with Gasteiger partial charge in [-0.1, -0.05) is 35.4 Å². The summed E-state index contributed by atoms with van der Waals surface area (Å²) in [5.41, 5.74) is 1.62. The number of ether oxygens (including phenoxy) is 1. The molecule has 1 N–H and O–H groups in total. The summed E-state index contributed by atoms with van der Waals surface area (Å²) in [5, 5.41) is 11.6. The quantitative estimate of drug-likeness (QED) is 0.643. The summed E-state index contributed by atoms with van der Waals surface area (Å²) in [6, 6.07) is 17.1. The van der Waals surface area contributed by atoms with E-state index in [4.69, 9.17) is 9.15 Å². The number of hydrogen-bond acceptors (Lipinski definition) is 6. The normalized spacial score (nSPS) is 14.9. The Morgan fingerprint density at radius 1 is 1.07 bits per heavy atom. The number of benzene rings is 2. The number of nitrogens with one attached hydrogen (secondary N) is 1. The van der Waals surface area contributed by atoms with E-state index in [0.717, 1.165) is 31.5 Å². The van der Waals surface area contributed by atoms with Crippen molar-refractivity contribution in [2.75, 3.05) is 25.1 Å². The van der Waals surface area contributed by atoms with Crippen LogP contribution in [0.15, 0.2) is 59.0 Å². The molecule has 0 spiro atoms. The summed E-state index contributed by atoms with van der Waals surface area (Å²) in [4.78, 5) is 15.0. The summed E-state index contributed by atoms with van der Waals surface area (Å²) in [6.07, 6.45) is 4.04. The van der Waals surface area contributed by atoms with Crippen molar-refractivity contribution in [2.24, 2.45) is 0 Å². The van der Waals surface area contributed by atoms with E-state index in [2.05, 4.69) is 20.4 Å². The number of amides is 1. The molecular weight excluding hydrogens is 380 g/mol. The molecule has 1 saturated heterocycles. The highest BCUT2D eigenvalue weighted by molar-refractivity contribution is 5.94. The minimum Gasteiger partial charge on any atom is -0.497 e. The van der Waals surface area contributed by atoms with Crippen molar-refractivity contribution in [3.63, 3.8) is 0 Å². The molecule has 1 aliphatic heterocycles. The molecule has 2 aromatic carbocycles. The summed E-state index contributed by atoms with van der Waals surface area (Å²) in [7, 11) is 1.60. The molecule has 1 atom stereocenters.